The van der Waals surface area contributed by atoms with Gasteiger partial charge < -0.3 is 14.4 Å². The number of methoxy groups -OCH3 is 2. The molecule has 1 heterocycles. The van der Waals surface area contributed by atoms with Gasteiger partial charge in [0.1, 0.15) is 0 Å². The summed E-state index contributed by atoms with van der Waals surface area (Å²) in [6.45, 7) is 3.05. The third-order valence-corrected chi connectivity index (χ3v) is 3.54. The molecule has 1 aromatic rings. The van der Waals surface area contributed by atoms with Gasteiger partial charge in [0.25, 0.3) is 0 Å². The third-order valence-electron chi connectivity index (χ3n) is 3.54. The second-order valence-electron chi connectivity index (χ2n) is 4.57. The maximum atomic E-state index is 5.30. The molecule has 0 bridgehead atoms. The van der Waals surface area contributed by atoms with Crippen LogP contribution in [0.3, 0.4) is 0 Å². The van der Waals surface area contributed by atoms with Crippen molar-refractivity contribution in [3.05, 3.63) is 29.8 Å². The van der Waals surface area contributed by atoms with E-state index in [4.69, 9.17) is 9.47 Å². The molecule has 2 rings (SSSR count). The van der Waals surface area contributed by atoms with Crippen LogP contribution in [0.2, 0.25) is 0 Å². The van der Waals surface area contributed by atoms with E-state index in [1.807, 2.05) is 0 Å². The Bertz CT molecular complexity index is 363. The molecule has 1 aliphatic heterocycles. The van der Waals surface area contributed by atoms with E-state index in [9.17, 15) is 0 Å². The molecule has 0 aromatic heterocycles. The number of ether oxygens (including phenoxy) is 2. The van der Waals surface area contributed by atoms with E-state index in [1.54, 1.807) is 14.2 Å². The Morgan fingerprint density at radius 2 is 2.00 bits per heavy atom. The number of fused-ring (bicyclic) bond motifs is 1. The minimum absolute atomic E-state index is 0.163. The normalized spacial score (nSPS) is 19.5. The molecule has 3 nitrogen and oxygen atoms in total. The highest BCUT2D eigenvalue weighted by Gasteiger charge is 2.24. The highest BCUT2D eigenvalue weighted by molar-refractivity contribution is 5.56. The number of benzene rings is 1. The third kappa shape index (κ3) is 2.61. The molecule has 0 saturated heterocycles. The topological polar surface area (TPSA) is 21.7 Å². The summed E-state index contributed by atoms with van der Waals surface area (Å²) in [5.41, 5.74) is 2.75. The molecule has 1 atom stereocenters. The summed E-state index contributed by atoms with van der Waals surface area (Å²) in [6.07, 6.45) is 2.19. The zero-order chi connectivity index (χ0) is 12.3. The van der Waals surface area contributed by atoms with Crippen LogP contribution in [0.5, 0.6) is 0 Å². The van der Waals surface area contributed by atoms with Gasteiger partial charge in [0.05, 0.1) is 6.54 Å². The SMILES string of the molecule is COC(CN1c2ccccc2CCC1C)OC. The summed E-state index contributed by atoms with van der Waals surface area (Å²) in [7, 11) is 3.38. The summed E-state index contributed by atoms with van der Waals surface area (Å²) in [5.74, 6) is 0. The Hall–Kier alpha value is -1.06. The van der Waals surface area contributed by atoms with E-state index in [-0.39, 0.29) is 6.29 Å². The molecule has 0 aliphatic carbocycles. The van der Waals surface area contributed by atoms with Crippen LogP contribution in [-0.4, -0.2) is 33.1 Å². The van der Waals surface area contributed by atoms with Crippen LogP contribution in [0.25, 0.3) is 0 Å². The molecule has 17 heavy (non-hydrogen) atoms. The Labute approximate surface area is 103 Å². The summed E-state index contributed by atoms with van der Waals surface area (Å²) >= 11 is 0. The second kappa shape index (κ2) is 5.52. The van der Waals surface area contributed by atoms with E-state index in [1.165, 1.54) is 24.1 Å². The largest absolute Gasteiger partial charge is 0.363 e. The van der Waals surface area contributed by atoms with Crippen LogP contribution >= 0.6 is 0 Å². The van der Waals surface area contributed by atoms with Gasteiger partial charge in [-0.3, -0.25) is 0 Å². The van der Waals surface area contributed by atoms with Crippen LogP contribution in [0.15, 0.2) is 24.3 Å². The average Bonchev–Trinajstić information content (AvgIpc) is 2.38. The van der Waals surface area contributed by atoms with Gasteiger partial charge in [0, 0.05) is 25.9 Å². The molecule has 1 aliphatic rings. The maximum Gasteiger partial charge on any atom is 0.174 e. The van der Waals surface area contributed by atoms with E-state index in [2.05, 4.69) is 36.1 Å². The molecule has 0 saturated carbocycles. The number of aryl methyl sites for hydroxylation is 1. The monoisotopic (exact) mass is 235 g/mol. The second-order valence-corrected chi connectivity index (χ2v) is 4.57. The molecule has 1 unspecified atom stereocenters. The molecular formula is C14H21NO2. The lowest BCUT2D eigenvalue weighted by atomic mass is 9.97. The molecule has 94 valence electrons. The van der Waals surface area contributed by atoms with Crippen molar-refractivity contribution in [2.75, 3.05) is 25.7 Å². The maximum absolute atomic E-state index is 5.30. The number of rotatable bonds is 4. The van der Waals surface area contributed by atoms with Gasteiger partial charge in [0.2, 0.25) is 0 Å². The van der Waals surface area contributed by atoms with Gasteiger partial charge in [-0.05, 0) is 31.4 Å². The Balaban J connectivity index is 2.20. The Morgan fingerprint density at radius 3 is 2.71 bits per heavy atom. The van der Waals surface area contributed by atoms with Crippen molar-refractivity contribution < 1.29 is 9.47 Å². The van der Waals surface area contributed by atoms with Gasteiger partial charge in [-0.25, -0.2) is 0 Å². The van der Waals surface area contributed by atoms with Crippen LogP contribution < -0.4 is 4.90 Å². The highest BCUT2D eigenvalue weighted by Crippen LogP contribution is 2.30. The smallest absolute Gasteiger partial charge is 0.174 e. The fraction of sp³-hybridized carbons (Fsp3) is 0.571. The Morgan fingerprint density at radius 1 is 1.29 bits per heavy atom. The van der Waals surface area contributed by atoms with Crippen LogP contribution in [0.1, 0.15) is 18.9 Å². The fourth-order valence-corrected chi connectivity index (χ4v) is 2.44. The fourth-order valence-electron chi connectivity index (χ4n) is 2.44. The lowest BCUT2D eigenvalue weighted by molar-refractivity contribution is -0.0957. The average molecular weight is 235 g/mol. The van der Waals surface area contributed by atoms with E-state index < -0.39 is 0 Å². The van der Waals surface area contributed by atoms with Crippen molar-refractivity contribution in [3.63, 3.8) is 0 Å². The first-order valence-electron chi connectivity index (χ1n) is 6.16. The summed E-state index contributed by atoms with van der Waals surface area (Å²) in [6, 6.07) is 9.14. The molecule has 0 radical (unpaired) electrons. The van der Waals surface area contributed by atoms with Crippen LogP contribution in [-0.2, 0) is 15.9 Å². The minimum atomic E-state index is -0.163. The number of nitrogens with zero attached hydrogens (tertiary/aromatic N) is 1. The summed E-state index contributed by atoms with van der Waals surface area (Å²) in [4.78, 5) is 2.39. The van der Waals surface area contributed by atoms with Gasteiger partial charge in [-0.2, -0.15) is 0 Å². The van der Waals surface area contributed by atoms with Gasteiger partial charge in [0.15, 0.2) is 6.29 Å². The zero-order valence-electron chi connectivity index (χ0n) is 10.8. The standard InChI is InChI=1S/C14H21NO2/c1-11-8-9-12-6-4-5-7-13(12)15(11)10-14(16-2)17-3/h4-7,11,14H,8-10H2,1-3H3. The molecule has 1 aromatic carbocycles. The molecule has 0 spiro atoms. The van der Waals surface area contributed by atoms with Crippen LogP contribution in [0.4, 0.5) is 5.69 Å². The lowest BCUT2D eigenvalue weighted by Gasteiger charge is -2.38. The predicted octanol–water partition coefficient (Wildman–Crippen LogP) is 2.45. The van der Waals surface area contributed by atoms with Crippen molar-refractivity contribution in [3.8, 4) is 0 Å². The lowest BCUT2D eigenvalue weighted by Crippen LogP contribution is -2.43. The van der Waals surface area contributed by atoms with Crippen molar-refractivity contribution in [1.82, 2.24) is 0 Å². The van der Waals surface area contributed by atoms with Crippen molar-refractivity contribution in [2.45, 2.75) is 32.1 Å². The number of para-hydroxylation sites is 1. The van der Waals surface area contributed by atoms with Crippen molar-refractivity contribution in [2.24, 2.45) is 0 Å². The van der Waals surface area contributed by atoms with Crippen LogP contribution in [0, 0.1) is 0 Å². The quantitative estimate of drug-likeness (QED) is 0.748. The number of anilines is 1. The number of hydrogen-bond acceptors (Lipinski definition) is 3. The van der Waals surface area contributed by atoms with E-state index in [0.717, 1.165) is 6.54 Å². The first kappa shape index (κ1) is 12.4. The molecule has 0 fully saturated rings. The first-order chi connectivity index (χ1) is 8.26. The van der Waals surface area contributed by atoms with E-state index in [0.29, 0.717) is 6.04 Å². The molecular weight excluding hydrogens is 214 g/mol. The number of hydrogen-bond donors (Lipinski definition) is 0. The van der Waals surface area contributed by atoms with Crippen molar-refractivity contribution in [1.29, 1.82) is 0 Å². The van der Waals surface area contributed by atoms with Crippen molar-refractivity contribution >= 4 is 5.69 Å². The van der Waals surface area contributed by atoms with Gasteiger partial charge in [-0.1, -0.05) is 18.2 Å². The Kier molecular flexibility index (Phi) is 4.02. The summed E-state index contributed by atoms with van der Waals surface area (Å²) in [5, 5.41) is 0. The van der Waals surface area contributed by atoms with Gasteiger partial charge in [-0.15, -0.1) is 0 Å². The first-order valence-corrected chi connectivity index (χ1v) is 6.16. The molecule has 0 N–H and O–H groups in total. The minimum Gasteiger partial charge on any atom is -0.363 e. The summed E-state index contributed by atoms with van der Waals surface area (Å²) < 4.78 is 10.6. The van der Waals surface area contributed by atoms with E-state index >= 15 is 0 Å². The molecule has 3 heteroatoms. The molecule has 0 amide bonds. The predicted molar refractivity (Wildman–Crippen MR) is 69.4 cm³/mol. The van der Waals surface area contributed by atoms with Gasteiger partial charge >= 0.3 is 0 Å². The highest BCUT2D eigenvalue weighted by atomic mass is 16.7. The zero-order valence-corrected chi connectivity index (χ0v) is 10.8.